The highest BCUT2D eigenvalue weighted by atomic mass is 16.2. The van der Waals surface area contributed by atoms with E-state index in [1.807, 2.05) is 31.2 Å². The van der Waals surface area contributed by atoms with Gasteiger partial charge in [-0.25, -0.2) is 4.79 Å². The van der Waals surface area contributed by atoms with Gasteiger partial charge in [0, 0.05) is 20.2 Å². The maximum Gasteiger partial charge on any atom is 0.330 e. The van der Waals surface area contributed by atoms with E-state index >= 15 is 0 Å². The third kappa shape index (κ3) is 1.93. The Kier molecular flexibility index (Phi) is 2.71. The lowest BCUT2D eigenvalue weighted by molar-refractivity contribution is 0.692. The van der Waals surface area contributed by atoms with Crippen LogP contribution in [0.2, 0.25) is 0 Å². The fraction of sp³-hybridized carbons (Fsp3) is 0.231. The van der Waals surface area contributed by atoms with Gasteiger partial charge in [0.15, 0.2) is 0 Å². The van der Waals surface area contributed by atoms with Gasteiger partial charge < -0.3 is 0 Å². The molecule has 0 atom stereocenters. The van der Waals surface area contributed by atoms with Gasteiger partial charge in [0.1, 0.15) is 0 Å². The topological polar surface area (TPSA) is 44.0 Å². The molecule has 4 heteroatoms. The van der Waals surface area contributed by atoms with Crippen molar-refractivity contribution in [3.8, 4) is 11.3 Å². The average Bonchev–Trinajstić information content (AvgIpc) is 2.32. The summed E-state index contributed by atoms with van der Waals surface area (Å²) in [6.07, 6.45) is 0. The third-order valence-electron chi connectivity index (χ3n) is 2.87. The first-order chi connectivity index (χ1) is 8.00. The first-order valence-corrected chi connectivity index (χ1v) is 5.35. The number of aromatic nitrogens is 2. The van der Waals surface area contributed by atoms with E-state index < -0.39 is 0 Å². The number of hydrogen-bond donors (Lipinski definition) is 0. The molecule has 0 saturated heterocycles. The molecule has 1 heterocycles. The lowest BCUT2D eigenvalue weighted by Crippen LogP contribution is -2.36. The van der Waals surface area contributed by atoms with E-state index in [4.69, 9.17) is 0 Å². The standard InChI is InChI=1S/C13H14N2O2/c1-9-4-6-10(7-5-9)11-8-12(16)15(3)13(17)14(11)2/h4-8H,1-3H3. The Bertz CT molecular complexity index is 663. The molecule has 0 bridgehead atoms. The lowest BCUT2D eigenvalue weighted by atomic mass is 10.1. The molecular weight excluding hydrogens is 216 g/mol. The molecule has 0 aliphatic rings. The highest BCUT2D eigenvalue weighted by Gasteiger charge is 2.07. The SMILES string of the molecule is Cc1ccc(-c2cc(=O)n(C)c(=O)n2C)cc1. The van der Waals surface area contributed by atoms with Gasteiger partial charge in [-0.05, 0) is 12.5 Å². The molecule has 0 aliphatic heterocycles. The molecule has 1 aromatic heterocycles. The van der Waals surface area contributed by atoms with Gasteiger partial charge in [0.05, 0.1) is 5.69 Å². The normalized spacial score (nSPS) is 10.5. The third-order valence-corrected chi connectivity index (χ3v) is 2.87. The van der Waals surface area contributed by atoms with Crippen molar-refractivity contribution >= 4 is 0 Å². The Balaban J connectivity index is 2.73. The molecule has 0 fully saturated rings. The fourth-order valence-corrected chi connectivity index (χ4v) is 1.73. The molecule has 0 aliphatic carbocycles. The highest BCUT2D eigenvalue weighted by Crippen LogP contribution is 2.16. The summed E-state index contributed by atoms with van der Waals surface area (Å²) in [7, 11) is 3.14. The van der Waals surface area contributed by atoms with Crippen LogP contribution in [0.25, 0.3) is 11.3 Å². The fourth-order valence-electron chi connectivity index (χ4n) is 1.73. The van der Waals surface area contributed by atoms with Crippen molar-refractivity contribution in [2.75, 3.05) is 0 Å². The van der Waals surface area contributed by atoms with Gasteiger partial charge in [0.25, 0.3) is 5.56 Å². The first-order valence-electron chi connectivity index (χ1n) is 5.35. The molecule has 0 N–H and O–H groups in total. The predicted octanol–water partition coefficient (Wildman–Crippen LogP) is 1.06. The van der Waals surface area contributed by atoms with Crippen LogP contribution in [0, 0.1) is 6.92 Å². The Labute approximate surface area is 98.8 Å². The molecular formula is C13H14N2O2. The van der Waals surface area contributed by atoms with Crippen LogP contribution >= 0.6 is 0 Å². The quantitative estimate of drug-likeness (QED) is 0.735. The number of nitrogens with zero attached hydrogens (tertiary/aromatic N) is 2. The van der Waals surface area contributed by atoms with Crippen LogP contribution in [-0.2, 0) is 14.1 Å². The van der Waals surface area contributed by atoms with Crippen LogP contribution in [-0.4, -0.2) is 9.13 Å². The van der Waals surface area contributed by atoms with Crippen LogP contribution in [0.5, 0.6) is 0 Å². The zero-order valence-corrected chi connectivity index (χ0v) is 10.1. The Morgan fingerprint density at radius 2 is 1.53 bits per heavy atom. The Hall–Kier alpha value is -2.10. The summed E-state index contributed by atoms with van der Waals surface area (Å²) in [6, 6.07) is 9.20. The van der Waals surface area contributed by atoms with E-state index in [0.29, 0.717) is 5.69 Å². The summed E-state index contributed by atoms with van der Waals surface area (Å²) < 4.78 is 2.57. The molecule has 0 saturated carbocycles. The molecule has 1 aromatic carbocycles. The highest BCUT2D eigenvalue weighted by molar-refractivity contribution is 5.59. The van der Waals surface area contributed by atoms with E-state index in [2.05, 4.69) is 0 Å². The predicted molar refractivity (Wildman–Crippen MR) is 67.1 cm³/mol. The molecule has 88 valence electrons. The number of benzene rings is 1. The molecule has 4 nitrogen and oxygen atoms in total. The van der Waals surface area contributed by atoms with E-state index in [0.717, 1.165) is 15.7 Å². The van der Waals surface area contributed by atoms with Crippen molar-refractivity contribution in [1.29, 1.82) is 0 Å². The Morgan fingerprint density at radius 1 is 0.941 bits per heavy atom. The average molecular weight is 230 g/mol. The van der Waals surface area contributed by atoms with Gasteiger partial charge in [-0.3, -0.25) is 13.9 Å². The Morgan fingerprint density at radius 3 is 2.12 bits per heavy atom. The van der Waals surface area contributed by atoms with Crippen molar-refractivity contribution in [1.82, 2.24) is 9.13 Å². The van der Waals surface area contributed by atoms with Crippen molar-refractivity contribution in [3.63, 3.8) is 0 Å². The second-order valence-electron chi connectivity index (χ2n) is 4.13. The monoisotopic (exact) mass is 230 g/mol. The summed E-state index contributed by atoms with van der Waals surface area (Å²) in [6.45, 7) is 1.99. The van der Waals surface area contributed by atoms with Gasteiger partial charge in [0.2, 0.25) is 0 Å². The number of hydrogen-bond acceptors (Lipinski definition) is 2. The summed E-state index contributed by atoms with van der Waals surface area (Å²) in [4.78, 5) is 23.4. The second kappa shape index (κ2) is 4.05. The largest absolute Gasteiger partial charge is 0.330 e. The second-order valence-corrected chi connectivity index (χ2v) is 4.13. The van der Waals surface area contributed by atoms with Crippen LogP contribution in [0.4, 0.5) is 0 Å². The lowest BCUT2D eigenvalue weighted by Gasteiger charge is -2.09. The molecule has 17 heavy (non-hydrogen) atoms. The van der Waals surface area contributed by atoms with Crippen LogP contribution in [0.3, 0.4) is 0 Å². The summed E-state index contributed by atoms with van der Waals surface area (Å²) in [5.74, 6) is 0. The number of rotatable bonds is 1. The minimum Gasteiger partial charge on any atom is -0.296 e. The van der Waals surface area contributed by atoms with Gasteiger partial charge in [-0.1, -0.05) is 29.8 Å². The first kappa shape index (κ1) is 11.4. The minimum absolute atomic E-state index is 0.288. The van der Waals surface area contributed by atoms with Gasteiger partial charge in [-0.15, -0.1) is 0 Å². The van der Waals surface area contributed by atoms with Crippen LogP contribution in [0.15, 0.2) is 39.9 Å². The molecule has 0 radical (unpaired) electrons. The van der Waals surface area contributed by atoms with Crippen LogP contribution in [0.1, 0.15) is 5.56 Å². The van der Waals surface area contributed by atoms with E-state index in [1.54, 1.807) is 7.05 Å². The summed E-state index contributed by atoms with van der Waals surface area (Å²) in [5.41, 5.74) is 2.05. The molecule has 0 amide bonds. The smallest absolute Gasteiger partial charge is 0.296 e. The van der Waals surface area contributed by atoms with Crippen molar-refractivity contribution in [2.24, 2.45) is 14.1 Å². The van der Waals surface area contributed by atoms with E-state index in [9.17, 15) is 9.59 Å². The van der Waals surface area contributed by atoms with Gasteiger partial charge in [-0.2, -0.15) is 0 Å². The summed E-state index contributed by atoms with van der Waals surface area (Å²) >= 11 is 0. The maximum atomic E-state index is 11.8. The van der Waals surface area contributed by atoms with Crippen molar-refractivity contribution < 1.29 is 0 Å². The van der Waals surface area contributed by atoms with Gasteiger partial charge >= 0.3 is 5.69 Å². The molecule has 0 unspecified atom stereocenters. The van der Waals surface area contributed by atoms with Crippen molar-refractivity contribution in [2.45, 2.75) is 6.92 Å². The minimum atomic E-state index is -0.312. The zero-order valence-electron chi connectivity index (χ0n) is 10.1. The molecule has 0 spiro atoms. The van der Waals surface area contributed by atoms with Crippen LogP contribution < -0.4 is 11.2 Å². The van der Waals surface area contributed by atoms with Crippen molar-refractivity contribution in [3.05, 3.63) is 56.7 Å². The summed E-state index contributed by atoms with van der Waals surface area (Å²) in [5, 5.41) is 0. The van der Waals surface area contributed by atoms with E-state index in [1.165, 1.54) is 17.7 Å². The maximum absolute atomic E-state index is 11.8. The zero-order chi connectivity index (χ0) is 12.6. The number of aryl methyl sites for hydroxylation is 1. The van der Waals surface area contributed by atoms with E-state index in [-0.39, 0.29) is 11.2 Å². The molecule has 2 rings (SSSR count). The molecule has 2 aromatic rings.